The molecule has 0 aromatic heterocycles. The maximum absolute atomic E-state index is 13.9. The quantitative estimate of drug-likeness (QED) is 0.637. The third-order valence-corrected chi connectivity index (χ3v) is 3.64. The molecule has 0 aliphatic heterocycles. The summed E-state index contributed by atoms with van der Waals surface area (Å²) < 4.78 is 20.5. The molecule has 0 unspecified atom stereocenters. The molecule has 0 aliphatic carbocycles. The molecule has 2 rings (SSSR count). The molecule has 0 saturated heterocycles. The maximum Gasteiger partial charge on any atom is 0.168 e. The van der Waals surface area contributed by atoms with E-state index in [9.17, 15) is 4.39 Å². The van der Waals surface area contributed by atoms with Gasteiger partial charge in [0.05, 0.1) is 0 Å². The van der Waals surface area contributed by atoms with E-state index in [4.69, 9.17) is 4.74 Å². The highest BCUT2D eigenvalue weighted by molar-refractivity contribution is 9.10. The minimum absolute atomic E-state index is 0.250. The van der Waals surface area contributed by atoms with E-state index in [1.165, 1.54) is 0 Å². The van der Waals surface area contributed by atoms with Crippen molar-refractivity contribution in [1.29, 1.82) is 0 Å². The number of aryl methyl sites for hydroxylation is 1. The monoisotopic (exact) mass is 372 g/mol. The normalized spacial score (nSPS) is 10.4. The van der Waals surface area contributed by atoms with Crippen molar-refractivity contribution in [1.82, 2.24) is 0 Å². The van der Waals surface area contributed by atoms with E-state index < -0.39 is 0 Å². The predicted octanol–water partition coefficient (Wildman–Crippen LogP) is 5.58. The van der Waals surface area contributed by atoms with Crippen LogP contribution < -0.4 is 4.74 Å². The third-order valence-electron chi connectivity index (χ3n) is 2.54. The fourth-order valence-corrected chi connectivity index (χ4v) is 2.42. The summed E-state index contributed by atoms with van der Waals surface area (Å²) in [5.41, 5.74) is 1.54. The SMILES string of the molecule is Cc1cccc(Oc2ccc(Br)cc2CBr)c1F. The van der Waals surface area contributed by atoms with Gasteiger partial charge in [-0.05, 0) is 36.8 Å². The van der Waals surface area contributed by atoms with Crippen LogP contribution in [0.2, 0.25) is 0 Å². The molecule has 0 heterocycles. The number of rotatable bonds is 3. The summed E-state index contributed by atoms with van der Waals surface area (Å²) >= 11 is 6.79. The van der Waals surface area contributed by atoms with E-state index in [-0.39, 0.29) is 11.6 Å². The van der Waals surface area contributed by atoms with E-state index in [0.717, 1.165) is 10.0 Å². The second-order valence-corrected chi connectivity index (χ2v) is 5.35. The Kier molecular flexibility index (Phi) is 4.40. The molecule has 0 aliphatic rings. The number of benzene rings is 2. The molecular formula is C14H11Br2FO. The second kappa shape index (κ2) is 5.85. The molecule has 2 aromatic rings. The summed E-state index contributed by atoms with van der Waals surface area (Å²) in [7, 11) is 0. The average molecular weight is 374 g/mol. The van der Waals surface area contributed by atoms with Crippen molar-refractivity contribution in [2.24, 2.45) is 0 Å². The van der Waals surface area contributed by atoms with Gasteiger partial charge in [-0.25, -0.2) is 4.39 Å². The van der Waals surface area contributed by atoms with Crippen molar-refractivity contribution in [2.45, 2.75) is 12.3 Å². The van der Waals surface area contributed by atoms with Crippen LogP contribution in [0.4, 0.5) is 4.39 Å². The Hall–Kier alpha value is -0.870. The van der Waals surface area contributed by atoms with Crippen LogP contribution in [0.15, 0.2) is 40.9 Å². The highest BCUT2D eigenvalue weighted by Crippen LogP contribution is 2.31. The summed E-state index contributed by atoms with van der Waals surface area (Å²) in [6, 6.07) is 10.8. The standard InChI is InChI=1S/C14H11Br2FO/c1-9-3-2-4-13(14(9)17)18-12-6-5-11(16)7-10(12)8-15/h2-7H,8H2,1H3. The Morgan fingerprint density at radius 3 is 2.67 bits per heavy atom. The Morgan fingerprint density at radius 1 is 1.17 bits per heavy atom. The highest BCUT2D eigenvalue weighted by Gasteiger charge is 2.10. The molecule has 0 spiro atoms. The minimum atomic E-state index is -0.319. The molecule has 1 nitrogen and oxygen atoms in total. The summed E-state index contributed by atoms with van der Waals surface area (Å²) in [5, 5.41) is 0.648. The van der Waals surface area contributed by atoms with E-state index in [1.807, 2.05) is 18.2 Å². The third kappa shape index (κ3) is 2.93. The van der Waals surface area contributed by atoms with Crippen molar-refractivity contribution in [3.63, 3.8) is 0 Å². The van der Waals surface area contributed by atoms with Crippen LogP contribution in [0.1, 0.15) is 11.1 Å². The number of halogens is 3. The number of hydrogen-bond acceptors (Lipinski definition) is 1. The minimum Gasteiger partial charge on any atom is -0.454 e. The Bertz CT molecular complexity index is 570. The van der Waals surface area contributed by atoms with Crippen LogP contribution in [0.3, 0.4) is 0 Å². The predicted molar refractivity (Wildman–Crippen MR) is 78.0 cm³/mol. The lowest BCUT2D eigenvalue weighted by Gasteiger charge is -2.11. The molecule has 0 N–H and O–H groups in total. The van der Waals surface area contributed by atoms with Crippen LogP contribution in [0.25, 0.3) is 0 Å². The first-order chi connectivity index (χ1) is 8.61. The Balaban J connectivity index is 2.37. The zero-order valence-corrected chi connectivity index (χ0v) is 12.9. The molecule has 0 atom stereocenters. The fraction of sp³-hybridized carbons (Fsp3) is 0.143. The van der Waals surface area contributed by atoms with Crippen LogP contribution in [0.5, 0.6) is 11.5 Å². The first-order valence-electron chi connectivity index (χ1n) is 5.39. The van der Waals surface area contributed by atoms with Gasteiger partial charge < -0.3 is 4.74 Å². The second-order valence-electron chi connectivity index (χ2n) is 3.87. The number of hydrogen-bond donors (Lipinski definition) is 0. The van der Waals surface area contributed by atoms with E-state index in [0.29, 0.717) is 16.6 Å². The van der Waals surface area contributed by atoms with Crippen LogP contribution >= 0.6 is 31.9 Å². The first-order valence-corrected chi connectivity index (χ1v) is 7.30. The smallest absolute Gasteiger partial charge is 0.168 e. The topological polar surface area (TPSA) is 9.23 Å². The highest BCUT2D eigenvalue weighted by atomic mass is 79.9. The van der Waals surface area contributed by atoms with Gasteiger partial charge in [0, 0.05) is 15.4 Å². The lowest BCUT2D eigenvalue weighted by molar-refractivity contribution is 0.437. The molecule has 0 bridgehead atoms. The number of ether oxygens (including phenoxy) is 1. The van der Waals surface area contributed by atoms with Gasteiger partial charge in [-0.1, -0.05) is 44.0 Å². The van der Waals surface area contributed by atoms with E-state index in [2.05, 4.69) is 31.9 Å². The van der Waals surface area contributed by atoms with Crippen LogP contribution in [-0.4, -0.2) is 0 Å². The zero-order chi connectivity index (χ0) is 13.1. The molecule has 0 saturated carbocycles. The van der Waals surface area contributed by atoms with Crippen molar-refractivity contribution in [2.75, 3.05) is 0 Å². The summed E-state index contributed by atoms with van der Waals surface area (Å²) in [6.45, 7) is 1.72. The number of alkyl halides is 1. The van der Waals surface area contributed by atoms with Crippen molar-refractivity contribution in [3.05, 3.63) is 57.8 Å². The van der Waals surface area contributed by atoms with Crippen molar-refractivity contribution >= 4 is 31.9 Å². The summed E-state index contributed by atoms with van der Waals surface area (Å²) in [4.78, 5) is 0. The lowest BCUT2D eigenvalue weighted by atomic mass is 10.2. The lowest BCUT2D eigenvalue weighted by Crippen LogP contribution is -1.93. The fourth-order valence-electron chi connectivity index (χ4n) is 1.57. The summed E-state index contributed by atoms with van der Waals surface area (Å²) in [6.07, 6.45) is 0. The van der Waals surface area contributed by atoms with Crippen molar-refractivity contribution in [3.8, 4) is 11.5 Å². The van der Waals surface area contributed by atoms with Gasteiger partial charge in [0.25, 0.3) is 0 Å². The molecule has 0 amide bonds. The zero-order valence-electron chi connectivity index (χ0n) is 9.71. The molecule has 4 heteroatoms. The van der Waals surface area contributed by atoms with E-state index >= 15 is 0 Å². The van der Waals surface area contributed by atoms with Crippen molar-refractivity contribution < 1.29 is 9.13 Å². The van der Waals surface area contributed by atoms with Gasteiger partial charge in [-0.2, -0.15) is 0 Å². The van der Waals surface area contributed by atoms with Crippen LogP contribution in [0, 0.1) is 12.7 Å². The molecule has 0 radical (unpaired) electrons. The van der Waals surface area contributed by atoms with Gasteiger partial charge in [0.1, 0.15) is 5.75 Å². The molecule has 2 aromatic carbocycles. The molecule has 94 valence electrons. The summed E-state index contributed by atoms with van der Waals surface area (Å²) in [5.74, 6) is 0.583. The molecular weight excluding hydrogens is 363 g/mol. The van der Waals surface area contributed by atoms with Crippen LogP contribution in [-0.2, 0) is 5.33 Å². The first kappa shape index (κ1) is 13.6. The Labute approximate surface area is 122 Å². The maximum atomic E-state index is 13.9. The molecule has 0 fully saturated rings. The van der Waals surface area contributed by atoms with Gasteiger partial charge in [0.15, 0.2) is 11.6 Å². The molecule has 18 heavy (non-hydrogen) atoms. The van der Waals surface area contributed by atoms with Gasteiger partial charge in [-0.15, -0.1) is 0 Å². The van der Waals surface area contributed by atoms with E-state index in [1.54, 1.807) is 25.1 Å². The van der Waals surface area contributed by atoms with Gasteiger partial charge in [0.2, 0.25) is 0 Å². The average Bonchev–Trinajstić information content (AvgIpc) is 2.37. The Morgan fingerprint density at radius 2 is 1.94 bits per heavy atom. The largest absolute Gasteiger partial charge is 0.454 e. The van der Waals surface area contributed by atoms with Gasteiger partial charge >= 0.3 is 0 Å². The van der Waals surface area contributed by atoms with Gasteiger partial charge in [-0.3, -0.25) is 0 Å².